The molecule has 0 unspecified atom stereocenters. The van der Waals surface area contributed by atoms with Crippen molar-refractivity contribution < 1.29 is 9.47 Å². The van der Waals surface area contributed by atoms with Gasteiger partial charge in [0.15, 0.2) is 5.96 Å². The van der Waals surface area contributed by atoms with Crippen LogP contribution in [0.1, 0.15) is 19.8 Å². The Bertz CT molecular complexity index is 180. The van der Waals surface area contributed by atoms with Crippen molar-refractivity contribution >= 4 is 29.9 Å². The fourth-order valence-corrected chi connectivity index (χ4v) is 1.17. The van der Waals surface area contributed by atoms with Crippen molar-refractivity contribution in [3.05, 3.63) is 0 Å². The molecule has 0 aliphatic carbocycles. The van der Waals surface area contributed by atoms with Gasteiger partial charge in [0.2, 0.25) is 0 Å². The number of methoxy groups -OCH3 is 1. The molecule has 6 heteroatoms. The van der Waals surface area contributed by atoms with Crippen LogP contribution in [-0.2, 0) is 9.47 Å². The number of unbranched alkanes of at least 4 members (excludes halogenated alkanes) is 1. The lowest BCUT2D eigenvalue weighted by Gasteiger charge is -2.11. The normalized spacial score (nSPS) is 10.9. The van der Waals surface area contributed by atoms with Crippen LogP contribution < -0.4 is 10.6 Å². The molecule has 0 saturated heterocycles. The molecule has 0 aliphatic heterocycles. The molecule has 0 saturated carbocycles. The Morgan fingerprint density at radius 3 is 2.41 bits per heavy atom. The number of hydrogen-bond acceptors (Lipinski definition) is 3. The van der Waals surface area contributed by atoms with Crippen LogP contribution in [0, 0.1) is 0 Å². The van der Waals surface area contributed by atoms with E-state index in [-0.39, 0.29) is 24.0 Å². The lowest BCUT2D eigenvalue weighted by Crippen LogP contribution is -2.39. The summed E-state index contributed by atoms with van der Waals surface area (Å²) in [5.74, 6) is 0.827. The number of guanidine groups is 1. The van der Waals surface area contributed by atoms with Gasteiger partial charge in [-0.2, -0.15) is 0 Å². The van der Waals surface area contributed by atoms with Crippen LogP contribution >= 0.6 is 24.0 Å². The Labute approximate surface area is 122 Å². The number of rotatable bonds is 9. The topological polar surface area (TPSA) is 54.9 Å². The maximum Gasteiger partial charge on any atom is 0.191 e. The van der Waals surface area contributed by atoms with Gasteiger partial charge in [-0.15, -0.1) is 24.0 Å². The van der Waals surface area contributed by atoms with Gasteiger partial charge < -0.3 is 20.1 Å². The van der Waals surface area contributed by atoms with E-state index >= 15 is 0 Å². The summed E-state index contributed by atoms with van der Waals surface area (Å²) in [6.45, 7) is 6.03. The number of nitrogens with one attached hydrogen (secondary N) is 2. The summed E-state index contributed by atoms with van der Waals surface area (Å²) in [5.41, 5.74) is 0. The number of halogens is 1. The summed E-state index contributed by atoms with van der Waals surface area (Å²) in [7, 11) is 3.45. The second-order valence-electron chi connectivity index (χ2n) is 3.32. The molecule has 0 aliphatic rings. The highest BCUT2D eigenvalue weighted by molar-refractivity contribution is 14.0. The van der Waals surface area contributed by atoms with Crippen LogP contribution in [0.15, 0.2) is 4.99 Å². The Morgan fingerprint density at radius 2 is 1.82 bits per heavy atom. The lowest BCUT2D eigenvalue weighted by molar-refractivity contribution is 0.143. The molecule has 2 N–H and O–H groups in total. The van der Waals surface area contributed by atoms with Crippen LogP contribution in [0.2, 0.25) is 0 Å². The highest BCUT2D eigenvalue weighted by atomic mass is 127. The third kappa shape index (κ3) is 13.9. The van der Waals surface area contributed by atoms with Gasteiger partial charge in [-0.1, -0.05) is 0 Å². The van der Waals surface area contributed by atoms with Gasteiger partial charge in [0, 0.05) is 40.5 Å². The second-order valence-corrected chi connectivity index (χ2v) is 3.32. The molecule has 0 aromatic carbocycles. The zero-order valence-electron chi connectivity index (χ0n) is 11.1. The standard InChI is InChI=1S/C11H25N3O2.HI/c1-4-16-9-6-5-7-13-11(12-2)14-8-10-15-3;/h4-10H2,1-3H3,(H2,12,13,14);1H. The third-order valence-electron chi connectivity index (χ3n) is 2.03. The molecular formula is C11H26IN3O2. The van der Waals surface area contributed by atoms with E-state index < -0.39 is 0 Å². The first-order valence-corrected chi connectivity index (χ1v) is 5.86. The van der Waals surface area contributed by atoms with Crippen LogP contribution in [0.4, 0.5) is 0 Å². The molecule has 17 heavy (non-hydrogen) atoms. The second kappa shape index (κ2) is 15.9. The molecule has 0 heterocycles. The van der Waals surface area contributed by atoms with Crippen molar-refractivity contribution in [3.8, 4) is 0 Å². The highest BCUT2D eigenvalue weighted by Gasteiger charge is 1.95. The molecule has 0 aromatic rings. The van der Waals surface area contributed by atoms with Gasteiger partial charge in [0.05, 0.1) is 6.61 Å². The maximum atomic E-state index is 5.26. The van der Waals surface area contributed by atoms with E-state index in [1.165, 1.54) is 0 Å². The molecule has 0 spiro atoms. The quantitative estimate of drug-likeness (QED) is 0.282. The average Bonchev–Trinajstić information content (AvgIpc) is 2.31. The van der Waals surface area contributed by atoms with Crippen molar-refractivity contribution in [3.63, 3.8) is 0 Å². The lowest BCUT2D eigenvalue weighted by atomic mass is 10.3. The predicted molar refractivity (Wildman–Crippen MR) is 82.4 cm³/mol. The van der Waals surface area contributed by atoms with Crippen molar-refractivity contribution in [1.29, 1.82) is 0 Å². The number of hydrogen-bond donors (Lipinski definition) is 2. The van der Waals surface area contributed by atoms with E-state index in [1.54, 1.807) is 14.2 Å². The zero-order chi connectivity index (χ0) is 12.1. The third-order valence-corrected chi connectivity index (χ3v) is 2.03. The first-order valence-electron chi connectivity index (χ1n) is 5.86. The number of nitrogens with zero attached hydrogens (tertiary/aromatic N) is 1. The Hall–Kier alpha value is -0.0800. The number of ether oxygens (including phenoxy) is 2. The highest BCUT2D eigenvalue weighted by Crippen LogP contribution is 1.88. The van der Waals surface area contributed by atoms with Gasteiger partial charge in [0.25, 0.3) is 0 Å². The van der Waals surface area contributed by atoms with Crippen molar-refractivity contribution in [1.82, 2.24) is 10.6 Å². The molecule has 0 rings (SSSR count). The Balaban J connectivity index is 0. The Morgan fingerprint density at radius 1 is 1.12 bits per heavy atom. The summed E-state index contributed by atoms with van der Waals surface area (Å²) in [6.07, 6.45) is 2.17. The number of aliphatic imine (C=N–C) groups is 1. The minimum Gasteiger partial charge on any atom is -0.383 e. The SMILES string of the molecule is CCOCCCCNC(=NC)NCCOC.I. The zero-order valence-corrected chi connectivity index (χ0v) is 13.5. The molecule has 5 nitrogen and oxygen atoms in total. The fourth-order valence-electron chi connectivity index (χ4n) is 1.17. The summed E-state index contributed by atoms with van der Waals surface area (Å²) in [4.78, 5) is 4.10. The van der Waals surface area contributed by atoms with E-state index in [0.29, 0.717) is 6.61 Å². The van der Waals surface area contributed by atoms with Crippen molar-refractivity contribution in [2.75, 3.05) is 47.1 Å². The summed E-state index contributed by atoms with van der Waals surface area (Å²) in [5, 5.41) is 6.39. The maximum absolute atomic E-state index is 5.26. The molecule has 0 aromatic heterocycles. The van der Waals surface area contributed by atoms with Gasteiger partial charge >= 0.3 is 0 Å². The monoisotopic (exact) mass is 359 g/mol. The molecule has 0 amide bonds. The minimum atomic E-state index is 0. The first kappa shape index (κ1) is 19.3. The Kier molecular flexibility index (Phi) is 18.0. The molecule has 0 fully saturated rings. The molecule has 0 bridgehead atoms. The van der Waals surface area contributed by atoms with Crippen LogP contribution in [-0.4, -0.2) is 53.0 Å². The van der Waals surface area contributed by atoms with E-state index in [9.17, 15) is 0 Å². The van der Waals surface area contributed by atoms with E-state index in [2.05, 4.69) is 15.6 Å². The largest absolute Gasteiger partial charge is 0.383 e. The van der Waals surface area contributed by atoms with Crippen LogP contribution in [0.5, 0.6) is 0 Å². The van der Waals surface area contributed by atoms with Gasteiger partial charge in [-0.05, 0) is 19.8 Å². The smallest absolute Gasteiger partial charge is 0.191 e. The average molecular weight is 359 g/mol. The molecule has 0 atom stereocenters. The van der Waals surface area contributed by atoms with Crippen molar-refractivity contribution in [2.45, 2.75) is 19.8 Å². The predicted octanol–water partition coefficient (Wildman–Crippen LogP) is 1.23. The fraction of sp³-hybridized carbons (Fsp3) is 0.909. The van der Waals surface area contributed by atoms with E-state index in [1.807, 2.05) is 6.92 Å². The summed E-state index contributed by atoms with van der Waals surface area (Å²) < 4.78 is 10.2. The van der Waals surface area contributed by atoms with Crippen LogP contribution in [0.3, 0.4) is 0 Å². The summed E-state index contributed by atoms with van der Waals surface area (Å²) >= 11 is 0. The van der Waals surface area contributed by atoms with Crippen LogP contribution in [0.25, 0.3) is 0 Å². The van der Waals surface area contributed by atoms with Gasteiger partial charge in [-0.3, -0.25) is 4.99 Å². The van der Waals surface area contributed by atoms with E-state index in [4.69, 9.17) is 9.47 Å². The van der Waals surface area contributed by atoms with Gasteiger partial charge in [0.1, 0.15) is 0 Å². The molecule has 0 radical (unpaired) electrons. The van der Waals surface area contributed by atoms with Gasteiger partial charge in [-0.25, -0.2) is 0 Å². The minimum absolute atomic E-state index is 0. The van der Waals surface area contributed by atoms with E-state index in [0.717, 1.165) is 45.1 Å². The molecular weight excluding hydrogens is 333 g/mol. The summed E-state index contributed by atoms with van der Waals surface area (Å²) in [6, 6.07) is 0. The van der Waals surface area contributed by atoms with Crippen molar-refractivity contribution in [2.24, 2.45) is 4.99 Å². The molecule has 104 valence electrons. The first-order chi connectivity index (χ1) is 7.85.